The van der Waals surface area contributed by atoms with E-state index in [0.29, 0.717) is 5.56 Å². The molecule has 0 aromatic heterocycles. The van der Waals surface area contributed by atoms with E-state index in [4.69, 9.17) is 11.5 Å². The van der Waals surface area contributed by atoms with Crippen LogP contribution >= 0.6 is 0 Å². The molecule has 0 aliphatic rings. The summed E-state index contributed by atoms with van der Waals surface area (Å²) < 4.78 is 11.7. The number of rotatable bonds is 14. The summed E-state index contributed by atoms with van der Waals surface area (Å²) in [6.45, 7) is 1.43. The Balaban J connectivity index is 2.17. The lowest BCUT2D eigenvalue weighted by atomic mass is 10.0. The lowest BCUT2D eigenvalue weighted by Gasteiger charge is -2.25. The number of phenols is 1. The highest BCUT2D eigenvalue weighted by molar-refractivity contribution is 7.84. The highest BCUT2D eigenvalue weighted by Crippen LogP contribution is 2.11. The second-order valence-electron chi connectivity index (χ2n) is 8.99. The fourth-order valence-electron chi connectivity index (χ4n) is 3.53. The Morgan fingerprint density at radius 1 is 0.842 bits per heavy atom. The highest BCUT2D eigenvalue weighted by Gasteiger charge is 2.29. The Kier molecular flexibility index (Phi) is 11.9. The van der Waals surface area contributed by atoms with E-state index in [-0.39, 0.29) is 30.8 Å². The molecule has 5 atom stereocenters. The summed E-state index contributed by atoms with van der Waals surface area (Å²) in [5, 5.41) is 17.2. The maximum absolute atomic E-state index is 13.3. The maximum atomic E-state index is 13.3. The van der Waals surface area contributed by atoms with Gasteiger partial charge >= 0.3 is 0 Å². The number of hydrogen-bond acceptors (Lipinski definition) is 7. The Hall–Kier alpha value is -3.77. The van der Waals surface area contributed by atoms with Crippen LogP contribution in [0.3, 0.4) is 0 Å². The van der Waals surface area contributed by atoms with Crippen LogP contribution in [-0.2, 0) is 42.8 Å². The summed E-state index contributed by atoms with van der Waals surface area (Å²) in [6.07, 6.45) is 1.79. The van der Waals surface area contributed by atoms with Crippen LogP contribution < -0.4 is 27.4 Å². The van der Waals surface area contributed by atoms with Crippen molar-refractivity contribution in [1.82, 2.24) is 16.0 Å². The molecule has 0 saturated heterocycles. The van der Waals surface area contributed by atoms with E-state index in [9.17, 15) is 28.5 Å². The summed E-state index contributed by atoms with van der Waals surface area (Å²) in [5.74, 6) is -2.42. The molecular weight excluding hydrogens is 510 g/mol. The van der Waals surface area contributed by atoms with Crippen LogP contribution in [0.1, 0.15) is 24.5 Å². The van der Waals surface area contributed by atoms with Crippen molar-refractivity contribution in [2.75, 3.05) is 12.0 Å². The fraction of sp³-hybridized carbons (Fsp3) is 0.385. The van der Waals surface area contributed by atoms with E-state index >= 15 is 0 Å². The molecule has 0 bridgehead atoms. The second-order valence-corrected chi connectivity index (χ2v) is 10.5. The number of nitrogens with one attached hydrogen (secondary N) is 3. The minimum atomic E-state index is -1.24. The molecule has 206 valence electrons. The molecule has 0 radical (unpaired) electrons. The molecule has 0 aliphatic carbocycles. The third-order valence-corrected chi connectivity index (χ3v) is 6.57. The molecule has 12 heteroatoms. The average Bonchev–Trinajstić information content (AvgIpc) is 2.87. The lowest BCUT2D eigenvalue weighted by molar-refractivity contribution is -0.133. The van der Waals surface area contributed by atoms with Crippen LogP contribution in [0.15, 0.2) is 54.6 Å². The van der Waals surface area contributed by atoms with Gasteiger partial charge in [-0.25, -0.2) is 0 Å². The molecule has 11 nitrogen and oxygen atoms in total. The maximum Gasteiger partial charge on any atom is 0.243 e. The van der Waals surface area contributed by atoms with Gasteiger partial charge in [0.1, 0.15) is 23.9 Å². The van der Waals surface area contributed by atoms with Gasteiger partial charge in [-0.3, -0.25) is 23.4 Å². The molecule has 2 aromatic rings. The smallest absolute Gasteiger partial charge is 0.243 e. The average molecular weight is 546 g/mol. The summed E-state index contributed by atoms with van der Waals surface area (Å²) in [5.41, 5.74) is 12.8. The number of carbonyl (C=O) groups is 4. The van der Waals surface area contributed by atoms with Gasteiger partial charge in [0.15, 0.2) is 0 Å². The van der Waals surface area contributed by atoms with Gasteiger partial charge in [-0.05, 0) is 43.0 Å². The third-order valence-electron chi connectivity index (χ3n) is 5.76. The Morgan fingerprint density at radius 2 is 1.39 bits per heavy atom. The quantitative estimate of drug-likeness (QED) is 0.179. The molecule has 8 N–H and O–H groups in total. The van der Waals surface area contributed by atoms with Crippen molar-refractivity contribution in [1.29, 1.82) is 0 Å². The predicted octanol–water partition coefficient (Wildman–Crippen LogP) is -0.767. The van der Waals surface area contributed by atoms with Crippen molar-refractivity contribution in [3.8, 4) is 5.75 Å². The van der Waals surface area contributed by atoms with Gasteiger partial charge in [-0.1, -0.05) is 42.5 Å². The number of phenolic OH excluding ortho intramolecular Hbond substituents is 1. The number of nitrogens with two attached hydrogens (primary N) is 2. The van der Waals surface area contributed by atoms with Crippen LogP contribution in [0.25, 0.3) is 0 Å². The van der Waals surface area contributed by atoms with Crippen molar-refractivity contribution in [2.45, 2.75) is 50.4 Å². The van der Waals surface area contributed by atoms with E-state index in [1.807, 2.05) is 6.07 Å². The first-order valence-electron chi connectivity index (χ1n) is 12.0. The number of benzene rings is 2. The zero-order valence-electron chi connectivity index (χ0n) is 21.4. The molecule has 0 fully saturated rings. The normalized spacial score (nSPS) is 14.8. The molecule has 2 aromatic carbocycles. The molecule has 0 spiro atoms. The van der Waals surface area contributed by atoms with Gasteiger partial charge in [0.2, 0.25) is 23.6 Å². The van der Waals surface area contributed by atoms with E-state index in [1.54, 1.807) is 36.4 Å². The van der Waals surface area contributed by atoms with E-state index in [1.165, 1.54) is 25.3 Å². The standard InChI is InChI=1S/C26H35N5O6S/c1-16(23(28)33)29-26(36)22(15-17-6-4-3-5-7-17)31-25(35)21(12-13-38(2)37)30-24(34)20(27)14-18-8-10-19(32)11-9-18/h3-11,16,20-22,32H,12-15,27H2,1-2H3,(H2,28,33)(H,29,36)(H,30,34)(H,31,35)/t16?,20-,21-,22-,38?/m0/s1. The first-order chi connectivity index (χ1) is 18.0. The van der Waals surface area contributed by atoms with Crippen LogP contribution in [0.5, 0.6) is 5.75 Å². The fourth-order valence-corrected chi connectivity index (χ4v) is 4.09. The van der Waals surface area contributed by atoms with Crippen molar-refractivity contribution >= 4 is 34.4 Å². The summed E-state index contributed by atoms with van der Waals surface area (Å²) in [6, 6.07) is 11.0. The number of hydrogen-bond donors (Lipinski definition) is 6. The Bertz CT molecular complexity index is 1130. The highest BCUT2D eigenvalue weighted by atomic mass is 32.2. The van der Waals surface area contributed by atoms with Gasteiger partial charge in [-0.15, -0.1) is 0 Å². The molecule has 0 saturated carbocycles. The summed E-state index contributed by atoms with van der Waals surface area (Å²) in [7, 11) is -1.24. The monoisotopic (exact) mass is 545 g/mol. The van der Waals surface area contributed by atoms with Crippen molar-refractivity contribution in [3.05, 3.63) is 65.7 Å². The van der Waals surface area contributed by atoms with E-state index < -0.39 is 58.6 Å². The lowest BCUT2D eigenvalue weighted by Crippen LogP contribution is -2.58. The van der Waals surface area contributed by atoms with Crippen molar-refractivity contribution < 1.29 is 28.5 Å². The van der Waals surface area contributed by atoms with Gasteiger partial charge in [0.05, 0.1) is 6.04 Å². The summed E-state index contributed by atoms with van der Waals surface area (Å²) in [4.78, 5) is 50.5. The second kappa shape index (κ2) is 14.8. The van der Waals surface area contributed by atoms with Crippen molar-refractivity contribution in [3.63, 3.8) is 0 Å². The Morgan fingerprint density at radius 3 is 1.97 bits per heavy atom. The van der Waals surface area contributed by atoms with Gasteiger partial charge in [0.25, 0.3) is 0 Å². The van der Waals surface area contributed by atoms with Crippen LogP contribution in [-0.4, -0.2) is 69.1 Å². The number of aromatic hydroxyl groups is 1. The molecule has 38 heavy (non-hydrogen) atoms. The minimum absolute atomic E-state index is 0.0456. The zero-order chi connectivity index (χ0) is 28.2. The molecule has 0 heterocycles. The van der Waals surface area contributed by atoms with Crippen LogP contribution in [0, 0.1) is 0 Å². The van der Waals surface area contributed by atoms with Crippen LogP contribution in [0.4, 0.5) is 0 Å². The number of primary amides is 1. The first kappa shape index (κ1) is 30.5. The van der Waals surface area contributed by atoms with Gasteiger partial charge in [-0.2, -0.15) is 0 Å². The van der Waals surface area contributed by atoms with E-state index in [0.717, 1.165) is 5.56 Å². The zero-order valence-corrected chi connectivity index (χ0v) is 22.2. The minimum Gasteiger partial charge on any atom is -0.508 e. The first-order valence-corrected chi connectivity index (χ1v) is 13.8. The van der Waals surface area contributed by atoms with Gasteiger partial charge < -0.3 is 32.5 Å². The number of amides is 4. The SMILES string of the molecule is CC(NC(=O)[C@H](Cc1ccccc1)NC(=O)[C@H](CCS(C)=O)NC(=O)[C@@H](N)Cc1ccc(O)cc1)C(N)=O. The largest absolute Gasteiger partial charge is 0.508 e. The van der Waals surface area contributed by atoms with E-state index in [2.05, 4.69) is 16.0 Å². The molecule has 2 unspecified atom stereocenters. The number of carbonyl (C=O) groups excluding carboxylic acids is 4. The Labute approximate surface area is 224 Å². The van der Waals surface area contributed by atoms with Crippen LogP contribution in [0.2, 0.25) is 0 Å². The molecular formula is C26H35N5O6S. The molecule has 4 amide bonds. The molecule has 0 aliphatic heterocycles. The van der Waals surface area contributed by atoms with Crippen molar-refractivity contribution in [2.24, 2.45) is 11.5 Å². The molecule has 2 rings (SSSR count). The predicted molar refractivity (Wildman–Crippen MR) is 144 cm³/mol. The van der Waals surface area contributed by atoms with Gasteiger partial charge in [0, 0.05) is 29.2 Å². The topological polar surface area (TPSA) is 194 Å². The summed E-state index contributed by atoms with van der Waals surface area (Å²) >= 11 is 0. The third kappa shape index (κ3) is 10.3.